The fourth-order valence-corrected chi connectivity index (χ4v) is 2.39. The Hall–Kier alpha value is -1.29. The molecule has 1 N–H and O–H groups in total. The van der Waals surface area contributed by atoms with Crippen molar-refractivity contribution < 1.29 is 5.11 Å². The van der Waals surface area contributed by atoms with Crippen LogP contribution in [0.2, 0.25) is 0 Å². The van der Waals surface area contributed by atoms with Crippen molar-refractivity contribution in [3.63, 3.8) is 0 Å². The molecule has 1 saturated heterocycles. The molecule has 1 aliphatic rings. The highest BCUT2D eigenvalue weighted by Gasteiger charge is 2.16. The molecule has 4 nitrogen and oxygen atoms in total. The number of aliphatic hydroxyl groups is 1. The van der Waals surface area contributed by atoms with Gasteiger partial charge in [0, 0.05) is 38.5 Å². The van der Waals surface area contributed by atoms with Crippen molar-refractivity contribution in [2.45, 2.75) is 32.7 Å². The van der Waals surface area contributed by atoms with Gasteiger partial charge < -0.3 is 14.6 Å². The molecule has 1 aromatic rings. The van der Waals surface area contributed by atoms with Crippen molar-refractivity contribution in [1.82, 2.24) is 4.57 Å². The first-order valence-corrected chi connectivity index (χ1v) is 6.77. The number of pyridine rings is 1. The lowest BCUT2D eigenvalue weighted by Gasteiger charge is -2.32. The van der Waals surface area contributed by atoms with Crippen molar-refractivity contribution in [1.29, 1.82) is 0 Å². The largest absolute Gasteiger partial charge is 0.396 e. The predicted octanol–water partition coefficient (Wildman–Crippen LogP) is 1.47. The minimum Gasteiger partial charge on any atom is -0.396 e. The van der Waals surface area contributed by atoms with Gasteiger partial charge in [-0.25, -0.2) is 0 Å². The van der Waals surface area contributed by atoms with E-state index in [1.54, 1.807) is 10.6 Å². The number of nitrogens with zero attached hydrogens (tertiary/aromatic N) is 2. The van der Waals surface area contributed by atoms with Crippen LogP contribution >= 0.6 is 0 Å². The summed E-state index contributed by atoms with van der Waals surface area (Å²) in [6.07, 6.45) is 4.99. The standard InChI is InChI=1S/C14H22N2O2/c1-12-5-8-15(9-6-12)13-3-4-14(18)16(11-13)7-2-10-17/h3-4,11-12,17H,2,5-10H2,1H3. The van der Waals surface area contributed by atoms with Crippen LogP contribution in [0.1, 0.15) is 26.2 Å². The van der Waals surface area contributed by atoms with Gasteiger partial charge in [0.25, 0.3) is 5.56 Å². The molecular weight excluding hydrogens is 228 g/mol. The molecule has 0 amide bonds. The third-order valence-electron chi connectivity index (χ3n) is 3.67. The van der Waals surface area contributed by atoms with Crippen LogP contribution in [0.25, 0.3) is 0 Å². The van der Waals surface area contributed by atoms with E-state index in [4.69, 9.17) is 5.11 Å². The summed E-state index contributed by atoms with van der Waals surface area (Å²) in [5.41, 5.74) is 1.14. The first-order chi connectivity index (χ1) is 8.70. The normalized spacial score (nSPS) is 17.1. The highest BCUT2D eigenvalue weighted by molar-refractivity contribution is 5.44. The Labute approximate surface area is 108 Å². The van der Waals surface area contributed by atoms with Crippen molar-refractivity contribution in [3.05, 3.63) is 28.7 Å². The first-order valence-electron chi connectivity index (χ1n) is 6.77. The fraction of sp³-hybridized carbons (Fsp3) is 0.643. The summed E-state index contributed by atoms with van der Waals surface area (Å²) in [4.78, 5) is 14.0. The van der Waals surface area contributed by atoms with Crippen LogP contribution in [0.3, 0.4) is 0 Å². The topological polar surface area (TPSA) is 45.5 Å². The minimum atomic E-state index is 0.0116. The van der Waals surface area contributed by atoms with E-state index in [0.29, 0.717) is 13.0 Å². The maximum Gasteiger partial charge on any atom is 0.250 e. The fourth-order valence-electron chi connectivity index (χ4n) is 2.39. The maximum absolute atomic E-state index is 11.7. The van der Waals surface area contributed by atoms with Crippen LogP contribution in [-0.2, 0) is 6.54 Å². The zero-order valence-electron chi connectivity index (χ0n) is 11.0. The van der Waals surface area contributed by atoms with Gasteiger partial charge in [-0.1, -0.05) is 6.92 Å². The van der Waals surface area contributed by atoms with E-state index in [0.717, 1.165) is 24.7 Å². The summed E-state index contributed by atoms with van der Waals surface area (Å²) in [5, 5.41) is 8.84. The van der Waals surface area contributed by atoms with Gasteiger partial charge in [-0.15, -0.1) is 0 Å². The molecule has 0 saturated carbocycles. The quantitative estimate of drug-likeness (QED) is 0.880. The molecule has 0 spiro atoms. The van der Waals surface area contributed by atoms with E-state index in [9.17, 15) is 4.79 Å². The molecule has 1 aliphatic heterocycles. The highest BCUT2D eigenvalue weighted by Crippen LogP contribution is 2.21. The number of aliphatic hydroxyl groups excluding tert-OH is 1. The summed E-state index contributed by atoms with van der Waals surface area (Å²) in [6.45, 7) is 5.14. The zero-order chi connectivity index (χ0) is 13.0. The summed E-state index contributed by atoms with van der Waals surface area (Å²) in [5.74, 6) is 0.807. The molecule has 0 unspecified atom stereocenters. The monoisotopic (exact) mass is 250 g/mol. The number of piperidine rings is 1. The molecule has 0 bridgehead atoms. The summed E-state index contributed by atoms with van der Waals surface area (Å²) >= 11 is 0. The van der Waals surface area contributed by atoms with Crippen molar-refractivity contribution in [2.75, 3.05) is 24.6 Å². The number of aromatic nitrogens is 1. The highest BCUT2D eigenvalue weighted by atomic mass is 16.3. The molecular formula is C14H22N2O2. The third-order valence-corrected chi connectivity index (χ3v) is 3.67. The second-order valence-corrected chi connectivity index (χ2v) is 5.17. The lowest BCUT2D eigenvalue weighted by Crippen LogP contribution is -2.33. The molecule has 0 radical (unpaired) electrons. The smallest absolute Gasteiger partial charge is 0.250 e. The number of rotatable bonds is 4. The van der Waals surface area contributed by atoms with Crippen LogP contribution in [-0.4, -0.2) is 29.4 Å². The van der Waals surface area contributed by atoms with Crippen LogP contribution in [0.4, 0.5) is 5.69 Å². The van der Waals surface area contributed by atoms with Crippen LogP contribution in [0.15, 0.2) is 23.1 Å². The van der Waals surface area contributed by atoms with Gasteiger partial charge in [0.15, 0.2) is 0 Å². The van der Waals surface area contributed by atoms with E-state index < -0.39 is 0 Å². The van der Waals surface area contributed by atoms with E-state index in [1.165, 1.54) is 12.8 Å². The van der Waals surface area contributed by atoms with Gasteiger partial charge >= 0.3 is 0 Å². The SMILES string of the molecule is CC1CCN(c2ccc(=O)n(CCCO)c2)CC1. The van der Waals surface area contributed by atoms with Crippen molar-refractivity contribution in [3.8, 4) is 0 Å². The van der Waals surface area contributed by atoms with Gasteiger partial charge in [0.2, 0.25) is 0 Å². The molecule has 0 aromatic carbocycles. The Kier molecular flexibility index (Phi) is 4.42. The number of anilines is 1. The molecule has 0 aliphatic carbocycles. The van der Waals surface area contributed by atoms with E-state index in [1.807, 2.05) is 12.3 Å². The summed E-state index contributed by atoms with van der Waals surface area (Å²) < 4.78 is 1.70. The maximum atomic E-state index is 11.7. The van der Waals surface area contributed by atoms with Gasteiger partial charge in [-0.05, 0) is 31.2 Å². The number of hydrogen-bond donors (Lipinski definition) is 1. The van der Waals surface area contributed by atoms with Gasteiger partial charge in [-0.2, -0.15) is 0 Å². The third kappa shape index (κ3) is 3.13. The lowest BCUT2D eigenvalue weighted by molar-refractivity contribution is 0.279. The molecule has 4 heteroatoms. The first kappa shape index (κ1) is 13.1. The Morgan fingerprint density at radius 3 is 2.72 bits per heavy atom. The van der Waals surface area contributed by atoms with Crippen molar-refractivity contribution in [2.24, 2.45) is 5.92 Å². The van der Waals surface area contributed by atoms with E-state index in [2.05, 4.69) is 11.8 Å². The summed E-state index contributed by atoms with van der Waals surface area (Å²) in [6, 6.07) is 3.54. The molecule has 2 heterocycles. The molecule has 1 fully saturated rings. The Morgan fingerprint density at radius 1 is 1.33 bits per heavy atom. The molecule has 2 rings (SSSR count). The lowest BCUT2D eigenvalue weighted by atomic mass is 9.99. The van der Waals surface area contributed by atoms with Gasteiger partial charge in [0.05, 0.1) is 5.69 Å². The Balaban J connectivity index is 2.11. The van der Waals surface area contributed by atoms with Crippen LogP contribution in [0, 0.1) is 5.92 Å². The molecule has 100 valence electrons. The number of aryl methyl sites for hydroxylation is 1. The zero-order valence-corrected chi connectivity index (χ0v) is 11.0. The minimum absolute atomic E-state index is 0.0116. The van der Waals surface area contributed by atoms with Crippen molar-refractivity contribution >= 4 is 5.69 Å². The second kappa shape index (κ2) is 6.05. The Morgan fingerprint density at radius 2 is 2.06 bits per heavy atom. The van der Waals surface area contributed by atoms with Crippen LogP contribution < -0.4 is 10.5 Å². The predicted molar refractivity (Wildman–Crippen MR) is 73.0 cm³/mol. The van der Waals surface area contributed by atoms with E-state index in [-0.39, 0.29) is 12.2 Å². The molecule has 0 atom stereocenters. The van der Waals surface area contributed by atoms with Gasteiger partial charge in [0.1, 0.15) is 0 Å². The molecule has 1 aromatic heterocycles. The Bertz CT molecular complexity index is 434. The van der Waals surface area contributed by atoms with Crippen LogP contribution in [0.5, 0.6) is 0 Å². The van der Waals surface area contributed by atoms with Gasteiger partial charge in [-0.3, -0.25) is 4.79 Å². The molecule has 18 heavy (non-hydrogen) atoms. The number of hydrogen-bond acceptors (Lipinski definition) is 3. The average molecular weight is 250 g/mol. The summed E-state index contributed by atoms with van der Waals surface area (Å²) in [7, 11) is 0. The van der Waals surface area contributed by atoms with E-state index >= 15 is 0 Å². The average Bonchev–Trinajstić information content (AvgIpc) is 2.39. The second-order valence-electron chi connectivity index (χ2n) is 5.17.